The van der Waals surface area contributed by atoms with E-state index in [0.717, 1.165) is 17.2 Å². The molecule has 13 heavy (non-hydrogen) atoms. The summed E-state index contributed by atoms with van der Waals surface area (Å²) in [6.07, 6.45) is 1.72. The van der Waals surface area contributed by atoms with E-state index in [2.05, 4.69) is 10.1 Å². The Labute approximate surface area is 75.1 Å². The van der Waals surface area contributed by atoms with E-state index in [1.807, 2.05) is 29.2 Å². The maximum absolute atomic E-state index is 4.97. The lowest BCUT2D eigenvalue weighted by Crippen LogP contribution is -2.29. The van der Waals surface area contributed by atoms with Gasteiger partial charge in [-0.25, -0.2) is 0 Å². The van der Waals surface area contributed by atoms with Crippen molar-refractivity contribution in [1.29, 1.82) is 0 Å². The van der Waals surface area contributed by atoms with Gasteiger partial charge in [0.15, 0.2) is 12.6 Å². The van der Waals surface area contributed by atoms with Crippen LogP contribution < -0.4 is 4.90 Å². The van der Waals surface area contributed by atoms with Gasteiger partial charge in [-0.2, -0.15) is 0 Å². The van der Waals surface area contributed by atoms with Gasteiger partial charge in [-0.15, -0.1) is 0 Å². The van der Waals surface area contributed by atoms with Gasteiger partial charge in [-0.05, 0) is 12.1 Å². The first kappa shape index (κ1) is 6.65. The summed E-state index contributed by atoms with van der Waals surface area (Å²) in [5, 5.41) is 3.85. The molecule has 0 aromatic heterocycles. The van der Waals surface area contributed by atoms with Crippen molar-refractivity contribution in [3.05, 3.63) is 24.3 Å². The van der Waals surface area contributed by atoms with Crippen molar-refractivity contribution in [2.75, 3.05) is 11.6 Å². The van der Waals surface area contributed by atoms with E-state index in [1.54, 1.807) is 6.21 Å². The van der Waals surface area contributed by atoms with Crippen molar-refractivity contribution in [2.45, 2.75) is 0 Å². The van der Waals surface area contributed by atoms with Gasteiger partial charge in [-0.1, -0.05) is 17.3 Å². The van der Waals surface area contributed by atoms with E-state index in [1.165, 1.54) is 0 Å². The van der Waals surface area contributed by atoms with Crippen LogP contribution in [0, 0.1) is 0 Å². The van der Waals surface area contributed by atoms with Gasteiger partial charge in [0, 0.05) is 0 Å². The van der Waals surface area contributed by atoms with Gasteiger partial charge in [-0.3, -0.25) is 9.89 Å². The molecule has 0 amide bonds. The van der Waals surface area contributed by atoms with Gasteiger partial charge in [0.05, 0.1) is 17.6 Å². The predicted octanol–water partition coefficient (Wildman–Crippen LogP) is 1.51. The number of benzene rings is 1. The lowest BCUT2D eigenvalue weighted by Gasteiger charge is -2.20. The summed E-state index contributed by atoms with van der Waals surface area (Å²) in [5.41, 5.74) is 2.02. The van der Waals surface area contributed by atoms with Gasteiger partial charge >= 0.3 is 0 Å². The third kappa shape index (κ3) is 0.853. The topological polar surface area (TPSA) is 37.2 Å². The maximum atomic E-state index is 4.97. The second-order valence-corrected chi connectivity index (χ2v) is 2.88. The number of aliphatic imine (C=N–C) groups is 1. The van der Waals surface area contributed by atoms with E-state index in [4.69, 9.17) is 4.84 Å². The zero-order valence-electron chi connectivity index (χ0n) is 6.84. The third-order valence-electron chi connectivity index (χ3n) is 2.11. The number of fused-ring (bicyclic) bond motifs is 3. The number of para-hydroxylation sites is 2. The molecule has 0 fully saturated rings. The molecule has 4 heteroatoms. The standard InChI is InChI=1S/C9H7N3O/c1-2-4-8-7(3-1)10-5-9-11-13-6-12(8)9/h1-5H,6H2. The van der Waals surface area contributed by atoms with E-state index in [9.17, 15) is 0 Å². The van der Waals surface area contributed by atoms with Gasteiger partial charge < -0.3 is 4.84 Å². The fourth-order valence-corrected chi connectivity index (χ4v) is 1.48. The van der Waals surface area contributed by atoms with E-state index < -0.39 is 0 Å². The Morgan fingerprint density at radius 1 is 1.31 bits per heavy atom. The maximum Gasteiger partial charge on any atom is 0.195 e. The van der Waals surface area contributed by atoms with Crippen LogP contribution in [0.25, 0.3) is 0 Å². The number of hydrogen-bond acceptors (Lipinski definition) is 4. The van der Waals surface area contributed by atoms with Gasteiger partial charge in [0.2, 0.25) is 0 Å². The number of nitrogens with zero attached hydrogens (tertiary/aromatic N) is 3. The zero-order valence-corrected chi connectivity index (χ0v) is 6.84. The highest BCUT2D eigenvalue weighted by molar-refractivity contribution is 6.38. The molecule has 0 radical (unpaired) electrons. The Bertz CT molecular complexity index is 411. The summed E-state index contributed by atoms with van der Waals surface area (Å²) in [6, 6.07) is 7.93. The minimum Gasteiger partial charge on any atom is -0.371 e. The fourth-order valence-electron chi connectivity index (χ4n) is 1.48. The first-order chi connectivity index (χ1) is 6.45. The lowest BCUT2D eigenvalue weighted by molar-refractivity contribution is 0.174. The molecular formula is C9H7N3O. The summed E-state index contributed by atoms with van der Waals surface area (Å²) in [7, 11) is 0. The molecule has 0 saturated carbocycles. The highest BCUT2D eigenvalue weighted by atomic mass is 16.7. The molecule has 4 nitrogen and oxygen atoms in total. The Hall–Kier alpha value is -1.84. The molecule has 0 aliphatic carbocycles. The Kier molecular flexibility index (Phi) is 1.19. The molecule has 64 valence electrons. The Morgan fingerprint density at radius 3 is 3.23 bits per heavy atom. The molecule has 2 aliphatic heterocycles. The molecule has 2 heterocycles. The summed E-state index contributed by atoms with van der Waals surface area (Å²) in [6.45, 7) is 0.484. The summed E-state index contributed by atoms with van der Waals surface area (Å²) < 4.78 is 0. The summed E-state index contributed by atoms with van der Waals surface area (Å²) in [4.78, 5) is 11.2. The van der Waals surface area contributed by atoms with Crippen LogP contribution in [0.5, 0.6) is 0 Å². The molecule has 0 saturated heterocycles. The molecule has 0 unspecified atom stereocenters. The molecule has 0 N–H and O–H groups in total. The van der Waals surface area contributed by atoms with Crippen LogP contribution in [-0.4, -0.2) is 18.8 Å². The van der Waals surface area contributed by atoms with Crippen molar-refractivity contribution in [1.82, 2.24) is 0 Å². The van der Waals surface area contributed by atoms with Crippen molar-refractivity contribution in [3.8, 4) is 0 Å². The van der Waals surface area contributed by atoms with Crippen LogP contribution in [0.2, 0.25) is 0 Å². The average Bonchev–Trinajstić information content (AvgIpc) is 2.65. The SMILES string of the molecule is C1=Nc2ccccc2N2CON=C12. The van der Waals surface area contributed by atoms with E-state index in [0.29, 0.717) is 6.73 Å². The number of anilines is 1. The van der Waals surface area contributed by atoms with Crippen LogP contribution in [0.1, 0.15) is 0 Å². The van der Waals surface area contributed by atoms with Crippen molar-refractivity contribution >= 4 is 23.4 Å². The molecule has 0 spiro atoms. The van der Waals surface area contributed by atoms with Crippen LogP contribution in [0.4, 0.5) is 11.4 Å². The highest BCUT2D eigenvalue weighted by Gasteiger charge is 2.24. The molecule has 3 rings (SSSR count). The molecule has 2 aliphatic rings. The number of oxime groups is 1. The van der Waals surface area contributed by atoms with Crippen LogP contribution >= 0.6 is 0 Å². The molecule has 1 aromatic carbocycles. The largest absolute Gasteiger partial charge is 0.371 e. The second kappa shape index (κ2) is 2.32. The quantitative estimate of drug-likeness (QED) is 0.596. The van der Waals surface area contributed by atoms with Crippen LogP contribution in [-0.2, 0) is 4.84 Å². The molecule has 1 aromatic rings. The Balaban J connectivity index is 2.20. The smallest absolute Gasteiger partial charge is 0.195 e. The predicted molar refractivity (Wildman–Crippen MR) is 50.5 cm³/mol. The fraction of sp³-hybridized carbons (Fsp3) is 0.111. The second-order valence-electron chi connectivity index (χ2n) is 2.88. The van der Waals surface area contributed by atoms with Crippen molar-refractivity contribution in [3.63, 3.8) is 0 Å². The molecule has 0 atom stereocenters. The monoisotopic (exact) mass is 173 g/mol. The highest BCUT2D eigenvalue weighted by Crippen LogP contribution is 2.32. The first-order valence-corrected chi connectivity index (χ1v) is 4.06. The number of rotatable bonds is 0. The van der Waals surface area contributed by atoms with E-state index in [-0.39, 0.29) is 0 Å². The lowest BCUT2D eigenvalue weighted by atomic mass is 10.2. The normalized spacial score (nSPS) is 17.5. The first-order valence-electron chi connectivity index (χ1n) is 4.06. The molecular weight excluding hydrogens is 166 g/mol. The average molecular weight is 173 g/mol. The summed E-state index contributed by atoms with van der Waals surface area (Å²) >= 11 is 0. The van der Waals surface area contributed by atoms with Crippen LogP contribution in [0.15, 0.2) is 34.4 Å². The number of hydrogen-bond donors (Lipinski definition) is 0. The third-order valence-corrected chi connectivity index (χ3v) is 2.11. The zero-order chi connectivity index (χ0) is 8.67. The van der Waals surface area contributed by atoms with Crippen LogP contribution in [0.3, 0.4) is 0 Å². The minimum absolute atomic E-state index is 0.484. The van der Waals surface area contributed by atoms with Gasteiger partial charge in [0.25, 0.3) is 0 Å². The van der Waals surface area contributed by atoms with Crippen molar-refractivity contribution < 1.29 is 4.84 Å². The minimum atomic E-state index is 0.484. The molecule has 0 bridgehead atoms. The van der Waals surface area contributed by atoms with Crippen molar-refractivity contribution in [2.24, 2.45) is 10.1 Å². The Morgan fingerprint density at radius 2 is 2.23 bits per heavy atom. The summed E-state index contributed by atoms with van der Waals surface area (Å²) in [5.74, 6) is 0.777. The number of amidine groups is 1. The van der Waals surface area contributed by atoms with Gasteiger partial charge in [0.1, 0.15) is 0 Å². The van der Waals surface area contributed by atoms with E-state index >= 15 is 0 Å².